The average molecular weight is 998 g/mol. The second kappa shape index (κ2) is 13.6. The van der Waals surface area contributed by atoms with Crippen LogP contribution in [0.1, 0.15) is 0 Å². The van der Waals surface area contributed by atoms with E-state index in [-0.39, 0.29) is 0 Å². The second-order valence-corrected chi connectivity index (χ2v) is 23.2. The summed E-state index contributed by atoms with van der Waals surface area (Å²) >= 11 is 0. The summed E-state index contributed by atoms with van der Waals surface area (Å²) in [6.45, 7) is 0. The molecule has 2 aliphatic heterocycles. The summed E-state index contributed by atoms with van der Waals surface area (Å²) in [4.78, 5) is 0. The fourth-order valence-electron chi connectivity index (χ4n) is 14.1. The molecule has 0 amide bonds. The van der Waals surface area contributed by atoms with Crippen molar-refractivity contribution in [2.24, 2.45) is 0 Å². The van der Waals surface area contributed by atoms with Crippen LogP contribution < -0.4 is 0 Å². The van der Waals surface area contributed by atoms with Gasteiger partial charge < -0.3 is 26.8 Å². The zero-order valence-electron chi connectivity index (χ0n) is 40.8. The molecule has 18 aromatic rings. The lowest BCUT2D eigenvalue weighted by molar-refractivity contribution is 0.669. The van der Waals surface area contributed by atoms with E-state index in [4.69, 9.17) is 13.3 Å². The summed E-state index contributed by atoms with van der Waals surface area (Å²) in [5.74, 6) is 0. The predicted octanol–water partition coefficient (Wildman–Crippen LogP) is 20.4. The van der Waals surface area contributed by atoms with E-state index in [1.54, 1.807) is 0 Å². The number of nitrogens with zero attached hydrogens (tertiary/aromatic N) is 3. The van der Waals surface area contributed by atoms with Crippen LogP contribution in [0.4, 0.5) is 0 Å². The summed E-state index contributed by atoms with van der Waals surface area (Å²) in [6, 6.07) is 80.7. The van der Waals surface area contributed by atoms with E-state index < -0.39 is 7.53 Å². The molecule has 0 saturated heterocycles. The van der Waals surface area contributed by atoms with E-state index in [1.165, 1.54) is 103 Å². The average Bonchev–Trinajstić information content (AvgIpc) is 4.27. The van der Waals surface area contributed by atoms with Crippen molar-refractivity contribution in [1.82, 2.24) is 13.5 Å². The summed E-state index contributed by atoms with van der Waals surface area (Å²) in [5.41, 5.74) is 15.9. The van der Waals surface area contributed by atoms with E-state index in [0.717, 1.165) is 82.7 Å². The van der Waals surface area contributed by atoms with E-state index in [1.807, 2.05) is 0 Å². The van der Waals surface area contributed by atoms with Gasteiger partial charge >= 0.3 is 0 Å². The van der Waals surface area contributed by atoms with E-state index in [2.05, 4.69) is 232 Å². The standard InChI is InChI=1S/C70H36N3O3P/c1-4-13-40-32-61-47(28-37(40)10-1)49-35-44(22-25-58(49)74-61)71-53-18-8-20-55-68(53)77-69-54(71)19-9-21-56(69)73-52-24-27-60-66(51-30-39-12-3-6-15-42(39)34-63(51)76-60)65(52)46-17-7-16-43-31-57(70(77)67(73)64(43)46)72(55)45-23-26-59-50(36-45)48-29-38-11-2-5-14-41(38)33-62(48)75-59/h1-36H. The molecule has 7 heteroatoms. The molecule has 77 heavy (non-hydrogen) atoms. The number of hydrogen-bond donors (Lipinski definition) is 0. The maximum atomic E-state index is 6.84. The van der Waals surface area contributed by atoms with Crippen LogP contribution in [0.3, 0.4) is 0 Å². The van der Waals surface area contributed by atoms with Gasteiger partial charge in [-0.3, -0.25) is 0 Å². The van der Waals surface area contributed by atoms with Crippen molar-refractivity contribution >= 4 is 176 Å². The quantitative estimate of drug-likeness (QED) is 0.128. The number of furan rings is 3. The molecule has 0 spiro atoms. The molecule has 1 unspecified atom stereocenters. The lowest BCUT2D eigenvalue weighted by Gasteiger charge is -2.31. The molecule has 2 aliphatic rings. The highest BCUT2D eigenvalue weighted by atomic mass is 31.1. The summed E-state index contributed by atoms with van der Waals surface area (Å²) < 4.78 is 27.9. The Morgan fingerprint density at radius 2 is 0.753 bits per heavy atom. The molecule has 0 aliphatic carbocycles. The van der Waals surface area contributed by atoms with Gasteiger partial charge in [0.15, 0.2) is 0 Å². The van der Waals surface area contributed by atoms with Gasteiger partial charge in [-0.05, 0) is 158 Å². The zero-order chi connectivity index (χ0) is 49.5. The Morgan fingerprint density at radius 1 is 0.273 bits per heavy atom. The molecule has 20 rings (SSSR count). The lowest BCUT2D eigenvalue weighted by Crippen LogP contribution is -2.09. The van der Waals surface area contributed by atoms with Crippen molar-refractivity contribution in [3.63, 3.8) is 0 Å². The van der Waals surface area contributed by atoms with E-state index in [9.17, 15) is 0 Å². The van der Waals surface area contributed by atoms with Crippen LogP contribution in [-0.2, 0) is 0 Å². The van der Waals surface area contributed by atoms with Crippen LogP contribution in [0.2, 0.25) is 0 Å². The molecule has 13 aromatic carbocycles. The first kappa shape index (κ1) is 39.5. The van der Waals surface area contributed by atoms with Gasteiger partial charge in [0, 0.05) is 70.0 Å². The summed E-state index contributed by atoms with van der Waals surface area (Å²) in [6.07, 6.45) is 0. The third kappa shape index (κ3) is 4.85. The normalized spacial score (nSPS) is 13.2. The molecule has 0 fully saturated rings. The number of pyridine rings is 1. The first-order valence-corrected chi connectivity index (χ1v) is 27.6. The third-order valence-electron chi connectivity index (χ3n) is 17.3. The number of benzene rings is 13. The van der Waals surface area contributed by atoms with Gasteiger partial charge in [0.2, 0.25) is 0 Å². The third-order valence-corrected chi connectivity index (χ3v) is 20.0. The smallest absolute Gasteiger partial charge is 0.136 e. The minimum atomic E-state index is -1.11. The van der Waals surface area contributed by atoms with Gasteiger partial charge in [-0.2, -0.15) is 0 Å². The maximum absolute atomic E-state index is 6.84. The van der Waals surface area contributed by atoms with E-state index >= 15 is 0 Å². The molecule has 354 valence electrons. The Hall–Kier alpha value is -10.0. The molecule has 0 radical (unpaired) electrons. The van der Waals surface area contributed by atoms with Crippen molar-refractivity contribution in [2.75, 3.05) is 0 Å². The minimum Gasteiger partial charge on any atom is -0.456 e. The van der Waals surface area contributed by atoms with Crippen molar-refractivity contribution in [3.05, 3.63) is 218 Å². The van der Waals surface area contributed by atoms with Crippen molar-refractivity contribution in [3.8, 4) is 16.7 Å². The number of aromatic nitrogens is 3. The lowest BCUT2D eigenvalue weighted by atomic mass is 9.95. The van der Waals surface area contributed by atoms with Crippen molar-refractivity contribution in [2.45, 2.75) is 0 Å². The largest absolute Gasteiger partial charge is 0.456 e. The highest BCUT2D eigenvalue weighted by molar-refractivity contribution is 7.69. The highest BCUT2D eigenvalue weighted by Gasteiger charge is 2.31. The highest BCUT2D eigenvalue weighted by Crippen LogP contribution is 2.63. The van der Waals surface area contributed by atoms with Crippen LogP contribution in [-0.4, -0.2) is 13.5 Å². The second-order valence-electron chi connectivity index (χ2n) is 21.2. The number of fused-ring (bicyclic) bond motifs is 17. The van der Waals surface area contributed by atoms with Crippen molar-refractivity contribution < 1.29 is 13.3 Å². The first-order valence-electron chi connectivity index (χ1n) is 26.3. The minimum absolute atomic E-state index is 0.877. The fourth-order valence-corrected chi connectivity index (χ4v) is 17.3. The Balaban J connectivity index is 0.998. The zero-order valence-corrected chi connectivity index (χ0v) is 41.7. The Kier molecular flexibility index (Phi) is 6.99. The molecular weight excluding hydrogens is 962 g/mol. The maximum Gasteiger partial charge on any atom is 0.136 e. The fraction of sp³-hybridized carbons (Fsp3) is 0. The SMILES string of the molecule is c1ccc2cc3c(cc2c1)oc1ccc(-n2c4cccc5c4-p4c6c2cccc6n2c6ccc7oc8cc9ccccc9cc8c7c6c6cccc7cc(c4c2c76)n5-c2ccc4oc5cc6ccccc6cc5c4c2)cc13. The molecule has 0 saturated carbocycles. The van der Waals surface area contributed by atoms with Crippen molar-refractivity contribution in [1.29, 1.82) is 0 Å². The van der Waals surface area contributed by atoms with Gasteiger partial charge in [0.05, 0.1) is 38.6 Å². The molecule has 0 N–H and O–H groups in total. The number of rotatable bonds is 2. The van der Waals surface area contributed by atoms with Gasteiger partial charge in [-0.1, -0.05) is 111 Å². The van der Waals surface area contributed by atoms with Gasteiger partial charge in [0.1, 0.15) is 33.5 Å². The molecule has 0 bridgehead atoms. The predicted molar refractivity (Wildman–Crippen MR) is 322 cm³/mol. The molecule has 5 aromatic heterocycles. The monoisotopic (exact) mass is 997 g/mol. The summed E-state index contributed by atoms with van der Waals surface area (Å²) in [5, 5.41) is 22.8. The van der Waals surface area contributed by atoms with Gasteiger partial charge in [-0.25, -0.2) is 0 Å². The van der Waals surface area contributed by atoms with Crippen LogP contribution in [0.25, 0.3) is 185 Å². The molecule has 1 atom stereocenters. The van der Waals surface area contributed by atoms with Crippen LogP contribution in [0, 0.1) is 0 Å². The Bertz CT molecular complexity index is 6030. The van der Waals surface area contributed by atoms with Crippen LogP contribution in [0.5, 0.6) is 0 Å². The topological polar surface area (TPSA) is 53.7 Å². The number of hydrogen-bond acceptors (Lipinski definition) is 3. The Morgan fingerprint density at radius 3 is 1.38 bits per heavy atom. The van der Waals surface area contributed by atoms with E-state index in [0.29, 0.717) is 0 Å². The van der Waals surface area contributed by atoms with Crippen LogP contribution in [0.15, 0.2) is 232 Å². The molecule has 6 nitrogen and oxygen atoms in total. The molecular formula is C70H36N3O3P. The van der Waals surface area contributed by atoms with Crippen LogP contribution >= 0.6 is 7.53 Å². The Labute approximate surface area is 435 Å². The summed E-state index contributed by atoms with van der Waals surface area (Å²) in [7, 11) is -1.11. The van der Waals surface area contributed by atoms with Gasteiger partial charge in [0.25, 0.3) is 0 Å². The first-order chi connectivity index (χ1) is 38.1. The van der Waals surface area contributed by atoms with Gasteiger partial charge in [-0.15, -0.1) is 0 Å². The molecule has 7 heterocycles.